The van der Waals surface area contributed by atoms with Gasteiger partial charge in [-0.3, -0.25) is 9.13 Å². The van der Waals surface area contributed by atoms with Crippen molar-refractivity contribution in [1.82, 2.24) is 9.13 Å². The Kier molecular flexibility index (Phi) is 3.50. The average Bonchev–Trinajstić information content (AvgIpc) is 2.58. The van der Waals surface area contributed by atoms with Crippen LogP contribution in [0.5, 0.6) is 0 Å². The number of aryl methyl sites for hydroxylation is 2. The number of halogens is 1. The lowest BCUT2D eigenvalue weighted by Gasteiger charge is -2.28. The summed E-state index contributed by atoms with van der Waals surface area (Å²) in [6.07, 6.45) is 4.98. The number of aromatic nitrogens is 2. The van der Waals surface area contributed by atoms with Gasteiger partial charge in [-0.05, 0) is 30.0 Å². The van der Waals surface area contributed by atoms with Crippen LogP contribution in [0.2, 0.25) is 0 Å². The van der Waals surface area contributed by atoms with E-state index < -0.39 is 0 Å². The van der Waals surface area contributed by atoms with E-state index >= 15 is 0 Å². The SMILES string of the molecule is Cn1c(=O)n(C)c2cc(C(N)CC3CCC3)c(Br)cc21. The van der Waals surface area contributed by atoms with E-state index in [2.05, 4.69) is 22.0 Å². The molecule has 1 aliphatic carbocycles. The molecule has 2 aromatic rings. The summed E-state index contributed by atoms with van der Waals surface area (Å²) in [5.74, 6) is 0.771. The molecule has 5 heteroatoms. The molecule has 0 spiro atoms. The third-order valence-electron chi connectivity index (χ3n) is 4.60. The topological polar surface area (TPSA) is 53.0 Å². The maximum absolute atomic E-state index is 12.0. The number of imidazole rings is 1. The second-order valence-corrected chi connectivity index (χ2v) is 6.76. The quantitative estimate of drug-likeness (QED) is 0.936. The van der Waals surface area contributed by atoms with Gasteiger partial charge in [-0.1, -0.05) is 35.2 Å². The molecule has 2 N–H and O–H groups in total. The zero-order valence-electron chi connectivity index (χ0n) is 11.9. The highest BCUT2D eigenvalue weighted by atomic mass is 79.9. The Morgan fingerprint density at radius 1 is 1.30 bits per heavy atom. The van der Waals surface area contributed by atoms with E-state index in [1.807, 2.05) is 6.07 Å². The number of hydrogen-bond acceptors (Lipinski definition) is 2. The number of benzene rings is 1. The van der Waals surface area contributed by atoms with Crippen molar-refractivity contribution in [1.29, 1.82) is 0 Å². The van der Waals surface area contributed by atoms with Crippen molar-refractivity contribution in [2.45, 2.75) is 31.7 Å². The minimum Gasteiger partial charge on any atom is -0.324 e. The van der Waals surface area contributed by atoms with Crippen molar-refractivity contribution in [3.8, 4) is 0 Å². The van der Waals surface area contributed by atoms with Crippen LogP contribution in [-0.2, 0) is 14.1 Å². The van der Waals surface area contributed by atoms with Crippen LogP contribution in [0.4, 0.5) is 0 Å². The molecular formula is C15H20BrN3O. The molecule has 1 saturated carbocycles. The van der Waals surface area contributed by atoms with Crippen molar-refractivity contribution in [3.05, 3.63) is 32.7 Å². The van der Waals surface area contributed by atoms with Crippen LogP contribution in [0.25, 0.3) is 11.0 Å². The van der Waals surface area contributed by atoms with Crippen molar-refractivity contribution in [2.75, 3.05) is 0 Å². The third kappa shape index (κ3) is 2.13. The molecular weight excluding hydrogens is 318 g/mol. The van der Waals surface area contributed by atoms with Gasteiger partial charge in [0.25, 0.3) is 0 Å². The zero-order valence-corrected chi connectivity index (χ0v) is 13.5. The molecule has 1 aromatic carbocycles. The molecule has 4 nitrogen and oxygen atoms in total. The molecule has 20 heavy (non-hydrogen) atoms. The summed E-state index contributed by atoms with van der Waals surface area (Å²) in [7, 11) is 3.60. The minimum atomic E-state index is -0.00313. The number of fused-ring (bicyclic) bond motifs is 1. The minimum absolute atomic E-state index is 0.00313. The van der Waals surface area contributed by atoms with Gasteiger partial charge in [-0.15, -0.1) is 0 Å². The van der Waals surface area contributed by atoms with Crippen LogP contribution in [0, 0.1) is 5.92 Å². The Labute approximate surface area is 126 Å². The van der Waals surface area contributed by atoms with Crippen molar-refractivity contribution in [3.63, 3.8) is 0 Å². The van der Waals surface area contributed by atoms with Crippen molar-refractivity contribution in [2.24, 2.45) is 25.7 Å². The highest BCUT2D eigenvalue weighted by molar-refractivity contribution is 9.10. The summed E-state index contributed by atoms with van der Waals surface area (Å²) in [6.45, 7) is 0. The van der Waals surface area contributed by atoms with Gasteiger partial charge in [0.15, 0.2) is 0 Å². The number of hydrogen-bond donors (Lipinski definition) is 1. The van der Waals surface area contributed by atoms with E-state index in [1.54, 1.807) is 23.2 Å². The van der Waals surface area contributed by atoms with Crippen LogP contribution in [0.3, 0.4) is 0 Å². The largest absolute Gasteiger partial charge is 0.328 e. The molecule has 1 fully saturated rings. The Bertz CT molecular complexity index is 712. The van der Waals surface area contributed by atoms with E-state index in [1.165, 1.54) is 19.3 Å². The summed E-state index contributed by atoms with van der Waals surface area (Å²) in [4.78, 5) is 12.0. The Morgan fingerprint density at radius 2 is 1.90 bits per heavy atom. The lowest BCUT2D eigenvalue weighted by atomic mass is 9.80. The van der Waals surface area contributed by atoms with E-state index in [-0.39, 0.29) is 11.7 Å². The first kappa shape index (κ1) is 13.9. The lowest BCUT2D eigenvalue weighted by Crippen LogP contribution is -2.20. The van der Waals surface area contributed by atoms with Crippen LogP contribution in [-0.4, -0.2) is 9.13 Å². The summed E-state index contributed by atoms with van der Waals surface area (Å²) < 4.78 is 4.35. The van der Waals surface area contributed by atoms with E-state index in [9.17, 15) is 4.79 Å². The third-order valence-corrected chi connectivity index (χ3v) is 5.29. The van der Waals surface area contributed by atoms with E-state index in [0.29, 0.717) is 0 Å². The second kappa shape index (κ2) is 5.04. The number of rotatable bonds is 3. The molecule has 1 heterocycles. The van der Waals surface area contributed by atoms with Crippen LogP contribution >= 0.6 is 15.9 Å². The molecule has 1 aromatic heterocycles. The second-order valence-electron chi connectivity index (χ2n) is 5.90. The molecule has 108 valence electrons. The molecule has 1 aliphatic rings. The summed E-state index contributed by atoms with van der Waals surface area (Å²) in [6, 6.07) is 4.10. The Balaban J connectivity index is 2.04. The van der Waals surface area contributed by atoms with Gasteiger partial charge in [0.1, 0.15) is 0 Å². The zero-order chi connectivity index (χ0) is 14.4. The van der Waals surface area contributed by atoms with E-state index in [0.717, 1.165) is 33.4 Å². The fraction of sp³-hybridized carbons (Fsp3) is 0.533. The average molecular weight is 338 g/mol. The van der Waals surface area contributed by atoms with Gasteiger partial charge < -0.3 is 5.73 Å². The van der Waals surface area contributed by atoms with Gasteiger partial charge >= 0.3 is 5.69 Å². The van der Waals surface area contributed by atoms with Gasteiger partial charge in [0, 0.05) is 24.6 Å². The highest BCUT2D eigenvalue weighted by Crippen LogP contribution is 2.36. The molecule has 0 radical (unpaired) electrons. The normalized spacial score (nSPS) is 17.4. The number of nitrogens with two attached hydrogens (primary N) is 1. The highest BCUT2D eigenvalue weighted by Gasteiger charge is 2.23. The molecule has 0 aliphatic heterocycles. The van der Waals surface area contributed by atoms with E-state index in [4.69, 9.17) is 5.73 Å². The monoisotopic (exact) mass is 337 g/mol. The van der Waals surface area contributed by atoms with Gasteiger partial charge in [-0.2, -0.15) is 0 Å². The molecule has 3 rings (SSSR count). The summed E-state index contributed by atoms with van der Waals surface area (Å²) in [5.41, 5.74) is 9.35. The molecule has 1 unspecified atom stereocenters. The molecule has 0 saturated heterocycles. The van der Waals surface area contributed by atoms with Gasteiger partial charge in [-0.25, -0.2) is 4.79 Å². The van der Waals surface area contributed by atoms with Crippen LogP contribution in [0.15, 0.2) is 21.4 Å². The Morgan fingerprint density at radius 3 is 2.45 bits per heavy atom. The van der Waals surface area contributed by atoms with Gasteiger partial charge in [0.05, 0.1) is 11.0 Å². The first-order valence-electron chi connectivity index (χ1n) is 7.09. The van der Waals surface area contributed by atoms with Crippen molar-refractivity contribution >= 4 is 27.0 Å². The first-order chi connectivity index (χ1) is 9.49. The maximum Gasteiger partial charge on any atom is 0.328 e. The Hall–Kier alpha value is -1.07. The van der Waals surface area contributed by atoms with Crippen LogP contribution in [0.1, 0.15) is 37.3 Å². The van der Waals surface area contributed by atoms with Gasteiger partial charge in [0.2, 0.25) is 0 Å². The molecule has 0 bridgehead atoms. The maximum atomic E-state index is 12.0. The molecule has 1 atom stereocenters. The first-order valence-corrected chi connectivity index (χ1v) is 7.88. The lowest BCUT2D eigenvalue weighted by molar-refractivity contribution is 0.277. The van der Waals surface area contributed by atoms with Crippen molar-refractivity contribution < 1.29 is 0 Å². The fourth-order valence-corrected chi connectivity index (χ4v) is 3.66. The predicted octanol–water partition coefficient (Wildman–Crippen LogP) is 2.83. The fourth-order valence-electron chi connectivity index (χ4n) is 3.03. The predicted molar refractivity (Wildman–Crippen MR) is 84.7 cm³/mol. The van der Waals surface area contributed by atoms with Crippen LogP contribution < -0.4 is 11.4 Å². The number of nitrogens with zero attached hydrogens (tertiary/aromatic N) is 2. The summed E-state index contributed by atoms with van der Waals surface area (Å²) >= 11 is 3.61. The standard InChI is InChI=1S/C15H20BrN3O/c1-18-13-7-10(12(17)6-9-4-3-5-9)11(16)8-14(13)19(2)15(18)20/h7-9,12H,3-6,17H2,1-2H3. The smallest absolute Gasteiger partial charge is 0.324 e. The summed E-state index contributed by atoms with van der Waals surface area (Å²) in [5, 5.41) is 0. The molecule has 0 amide bonds.